The molecule has 0 nitrogen and oxygen atoms in total. The van der Waals surface area contributed by atoms with Crippen molar-refractivity contribution in [3.8, 4) is 0 Å². The van der Waals surface area contributed by atoms with Crippen LogP contribution in [0.2, 0.25) is 0 Å². The van der Waals surface area contributed by atoms with Crippen LogP contribution in [0.5, 0.6) is 0 Å². The van der Waals surface area contributed by atoms with E-state index >= 15 is 0 Å². The summed E-state index contributed by atoms with van der Waals surface area (Å²) >= 11 is 0. The first kappa shape index (κ1) is 12.1. The van der Waals surface area contributed by atoms with Gasteiger partial charge in [-0.25, -0.2) is 8.78 Å². The zero-order valence-electron chi connectivity index (χ0n) is 9.98. The molecule has 2 aliphatic rings. The minimum absolute atomic E-state index is 0.101. The molecule has 92 valence electrons. The summed E-state index contributed by atoms with van der Waals surface area (Å²) in [6.45, 7) is 0. The summed E-state index contributed by atoms with van der Waals surface area (Å²) in [6.07, 6.45) is 10.1. The quantitative estimate of drug-likeness (QED) is 0.601. The maximum Gasteiger partial charge on any atom is 0.135 e. The van der Waals surface area contributed by atoms with Crippen molar-refractivity contribution in [3.05, 3.63) is 11.7 Å². The zero-order chi connectivity index (χ0) is 11.4. The second kappa shape index (κ2) is 5.79. The van der Waals surface area contributed by atoms with Gasteiger partial charge >= 0.3 is 0 Å². The van der Waals surface area contributed by atoms with Crippen LogP contribution in [0.15, 0.2) is 11.7 Å². The summed E-state index contributed by atoms with van der Waals surface area (Å²) < 4.78 is 27.9. The monoisotopic (exact) mass is 228 g/mol. The minimum atomic E-state index is -0.397. The Hall–Kier alpha value is -0.400. The zero-order valence-corrected chi connectivity index (χ0v) is 9.98. The van der Waals surface area contributed by atoms with Crippen molar-refractivity contribution >= 4 is 0 Å². The van der Waals surface area contributed by atoms with Crippen LogP contribution in [0.25, 0.3) is 0 Å². The first-order chi connectivity index (χ1) is 7.79. The highest BCUT2D eigenvalue weighted by molar-refractivity contribution is 5.08. The van der Waals surface area contributed by atoms with Gasteiger partial charge in [-0.3, -0.25) is 0 Å². The van der Waals surface area contributed by atoms with Crippen LogP contribution in [0.4, 0.5) is 8.78 Å². The normalized spacial score (nSPS) is 26.6. The first-order valence-corrected chi connectivity index (χ1v) is 6.84. The molecule has 2 rings (SSSR count). The van der Waals surface area contributed by atoms with Crippen molar-refractivity contribution in [2.24, 2.45) is 11.8 Å². The molecule has 0 radical (unpaired) electrons. The Kier molecular flexibility index (Phi) is 4.37. The molecular weight excluding hydrogens is 206 g/mol. The maximum absolute atomic E-state index is 14.0. The fourth-order valence-corrected chi connectivity index (χ4v) is 3.10. The molecule has 2 aliphatic carbocycles. The molecule has 0 N–H and O–H groups in total. The Morgan fingerprint density at radius 3 is 1.19 bits per heavy atom. The van der Waals surface area contributed by atoms with E-state index in [2.05, 4.69) is 0 Å². The van der Waals surface area contributed by atoms with Gasteiger partial charge in [-0.15, -0.1) is 0 Å². The van der Waals surface area contributed by atoms with E-state index in [0.717, 1.165) is 51.4 Å². The molecule has 2 saturated carbocycles. The van der Waals surface area contributed by atoms with Gasteiger partial charge in [0.15, 0.2) is 0 Å². The molecule has 0 heterocycles. The van der Waals surface area contributed by atoms with Crippen LogP contribution >= 0.6 is 0 Å². The van der Waals surface area contributed by atoms with Crippen LogP contribution < -0.4 is 0 Å². The highest BCUT2D eigenvalue weighted by Crippen LogP contribution is 2.38. The van der Waals surface area contributed by atoms with Crippen LogP contribution in [0, 0.1) is 11.8 Å². The Bertz CT molecular complexity index is 219. The molecule has 0 atom stereocenters. The van der Waals surface area contributed by atoms with E-state index in [1.807, 2.05) is 0 Å². The molecule has 0 saturated heterocycles. The van der Waals surface area contributed by atoms with Gasteiger partial charge in [0, 0.05) is 11.8 Å². The summed E-state index contributed by atoms with van der Waals surface area (Å²) in [4.78, 5) is 0. The fourth-order valence-electron chi connectivity index (χ4n) is 3.10. The average molecular weight is 228 g/mol. The van der Waals surface area contributed by atoms with Gasteiger partial charge in [0.2, 0.25) is 0 Å². The molecule has 0 amide bonds. The smallest absolute Gasteiger partial charge is 0.135 e. The summed E-state index contributed by atoms with van der Waals surface area (Å²) in [5, 5.41) is 0. The standard InChI is InChI=1S/C14H22F2/c15-13(11-7-3-1-4-8-11)14(16)12-9-5-2-6-10-12/h11-12H,1-10H2/b14-13+. The van der Waals surface area contributed by atoms with Crippen LogP contribution in [0.1, 0.15) is 64.2 Å². The molecule has 16 heavy (non-hydrogen) atoms. The molecule has 0 unspecified atom stereocenters. The van der Waals surface area contributed by atoms with Gasteiger partial charge in [0.25, 0.3) is 0 Å². The molecule has 0 aromatic rings. The third-order valence-electron chi connectivity index (χ3n) is 4.16. The second-order valence-corrected chi connectivity index (χ2v) is 5.37. The lowest BCUT2D eigenvalue weighted by Crippen LogP contribution is -2.13. The molecule has 0 aromatic heterocycles. The Morgan fingerprint density at radius 1 is 0.562 bits per heavy atom. The lowest BCUT2D eigenvalue weighted by atomic mass is 9.83. The maximum atomic E-state index is 14.0. The van der Waals surface area contributed by atoms with E-state index in [-0.39, 0.29) is 11.8 Å². The molecule has 0 spiro atoms. The Labute approximate surface area is 97.1 Å². The molecule has 2 heteroatoms. The predicted octanol–water partition coefficient (Wildman–Crippen LogP) is 5.30. The van der Waals surface area contributed by atoms with E-state index in [1.54, 1.807) is 0 Å². The Balaban J connectivity index is 1.99. The van der Waals surface area contributed by atoms with Crippen molar-refractivity contribution in [3.63, 3.8) is 0 Å². The van der Waals surface area contributed by atoms with Crippen molar-refractivity contribution in [1.82, 2.24) is 0 Å². The number of hydrogen-bond donors (Lipinski definition) is 0. The highest BCUT2D eigenvalue weighted by Gasteiger charge is 2.26. The number of halogens is 2. The van der Waals surface area contributed by atoms with E-state index in [9.17, 15) is 8.78 Å². The van der Waals surface area contributed by atoms with E-state index in [0.29, 0.717) is 0 Å². The summed E-state index contributed by atoms with van der Waals surface area (Å²) in [7, 11) is 0. The largest absolute Gasteiger partial charge is 0.209 e. The van der Waals surface area contributed by atoms with Gasteiger partial charge in [0.1, 0.15) is 11.7 Å². The van der Waals surface area contributed by atoms with Crippen molar-refractivity contribution in [2.45, 2.75) is 64.2 Å². The molecular formula is C14H22F2. The molecule has 2 fully saturated rings. The minimum Gasteiger partial charge on any atom is -0.209 e. The van der Waals surface area contributed by atoms with Gasteiger partial charge in [0.05, 0.1) is 0 Å². The van der Waals surface area contributed by atoms with Gasteiger partial charge < -0.3 is 0 Å². The molecule has 0 bridgehead atoms. The number of hydrogen-bond acceptors (Lipinski definition) is 0. The van der Waals surface area contributed by atoms with Crippen molar-refractivity contribution in [1.29, 1.82) is 0 Å². The van der Waals surface area contributed by atoms with Crippen LogP contribution in [0.3, 0.4) is 0 Å². The van der Waals surface area contributed by atoms with Crippen molar-refractivity contribution in [2.75, 3.05) is 0 Å². The SMILES string of the molecule is F/C(=C(/F)C1CCCCC1)C1CCCCC1. The fraction of sp³-hybridized carbons (Fsp3) is 0.857. The lowest BCUT2D eigenvalue weighted by Gasteiger charge is -2.24. The van der Waals surface area contributed by atoms with Gasteiger partial charge in [-0.05, 0) is 25.7 Å². The van der Waals surface area contributed by atoms with Gasteiger partial charge in [-0.2, -0.15) is 0 Å². The van der Waals surface area contributed by atoms with Crippen LogP contribution in [-0.4, -0.2) is 0 Å². The topological polar surface area (TPSA) is 0 Å². The number of rotatable bonds is 2. The first-order valence-electron chi connectivity index (χ1n) is 6.84. The molecule has 0 aromatic carbocycles. The summed E-state index contributed by atoms with van der Waals surface area (Å²) in [5.41, 5.74) is 0. The van der Waals surface area contributed by atoms with E-state index in [4.69, 9.17) is 0 Å². The van der Waals surface area contributed by atoms with Crippen molar-refractivity contribution < 1.29 is 8.78 Å². The highest BCUT2D eigenvalue weighted by atomic mass is 19.2. The van der Waals surface area contributed by atoms with Gasteiger partial charge in [-0.1, -0.05) is 38.5 Å². The Morgan fingerprint density at radius 2 is 0.875 bits per heavy atom. The van der Waals surface area contributed by atoms with E-state index in [1.165, 1.54) is 12.8 Å². The lowest BCUT2D eigenvalue weighted by molar-refractivity contribution is 0.289. The number of allylic oxidation sites excluding steroid dienone is 2. The van der Waals surface area contributed by atoms with E-state index < -0.39 is 11.7 Å². The average Bonchev–Trinajstić information content (AvgIpc) is 2.39. The third-order valence-corrected chi connectivity index (χ3v) is 4.16. The molecule has 0 aliphatic heterocycles. The summed E-state index contributed by atoms with van der Waals surface area (Å²) in [6, 6.07) is 0. The van der Waals surface area contributed by atoms with Crippen LogP contribution in [-0.2, 0) is 0 Å². The third kappa shape index (κ3) is 2.83. The summed E-state index contributed by atoms with van der Waals surface area (Å²) in [5.74, 6) is -0.996. The second-order valence-electron chi connectivity index (χ2n) is 5.37. The predicted molar refractivity (Wildman–Crippen MR) is 62.4 cm³/mol.